The van der Waals surface area contributed by atoms with E-state index in [9.17, 15) is 0 Å². The smallest absolute Gasteiger partial charge is 0.0912 e. The zero-order valence-electron chi connectivity index (χ0n) is 19.8. The molecule has 0 atom stereocenters. The van der Waals surface area contributed by atoms with E-state index in [1.54, 1.807) is 11.6 Å². The minimum atomic E-state index is 0.730. The van der Waals surface area contributed by atoms with Gasteiger partial charge < -0.3 is 0 Å². The summed E-state index contributed by atoms with van der Waals surface area (Å²) in [6.45, 7) is 2.28. The van der Waals surface area contributed by atoms with Crippen LogP contribution in [0.5, 0.6) is 0 Å². The van der Waals surface area contributed by atoms with Crippen molar-refractivity contribution in [3.05, 3.63) is 59.7 Å². The van der Waals surface area contributed by atoms with Crippen LogP contribution < -0.4 is 0 Å². The molecular formula is C30H43N. The maximum Gasteiger partial charge on any atom is 0.0912 e. The van der Waals surface area contributed by atoms with Gasteiger partial charge in [-0.2, -0.15) is 5.26 Å². The molecule has 0 heterocycles. The Bertz CT molecular complexity index is 704. The fourth-order valence-electron chi connectivity index (χ4n) is 5.78. The van der Waals surface area contributed by atoms with Gasteiger partial charge in [-0.1, -0.05) is 75.1 Å². The summed E-state index contributed by atoms with van der Waals surface area (Å²) < 4.78 is 0. The molecule has 0 aromatic heterocycles. The number of benzene rings is 1. The van der Waals surface area contributed by atoms with E-state index in [0.29, 0.717) is 0 Å². The summed E-state index contributed by atoms with van der Waals surface area (Å²) in [5.41, 5.74) is 3.11. The molecule has 168 valence electrons. The topological polar surface area (TPSA) is 23.8 Å². The van der Waals surface area contributed by atoms with Crippen molar-refractivity contribution in [2.75, 3.05) is 0 Å². The third-order valence-corrected chi connectivity index (χ3v) is 7.91. The predicted octanol–water partition coefficient (Wildman–Crippen LogP) is 8.92. The Morgan fingerprint density at radius 2 is 1.48 bits per heavy atom. The van der Waals surface area contributed by atoms with Gasteiger partial charge in [0.25, 0.3) is 0 Å². The summed E-state index contributed by atoms with van der Waals surface area (Å²) in [4.78, 5) is 0. The van der Waals surface area contributed by atoms with Crippen molar-refractivity contribution in [1.29, 1.82) is 5.26 Å². The quantitative estimate of drug-likeness (QED) is 0.212. The average molecular weight is 418 g/mol. The highest BCUT2D eigenvalue weighted by atomic mass is 14.3. The number of nitriles is 1. The summed E-state index contributed by atoms with van der Waals surface area (Å²) in [5, 5.41) is 8.55. The highest BCUT2D eigenvalue weighted by Crippen LogP contribution is 2.40. The largest absolute Gasteiger partial charge is 0.193 e. The lowest BCUT2D eigenvalue weighted by atomic mass is 9.74. The van der Waals surface area contributed by atoms with Gasteiger partial charge in [0, 0.05) is 6.08 Å². The molecule has 0 aliphatic heterocycles. The number of rotatable bonds is 10. The van der Waals surface area contributed by atoms with Crippen molar-refractivity contribution in [2.45, 2.75) is 103 Å². The van der Waals surface area contributed by atoms with E-state index in [1.807, 2.05) is 6.08 Å². The summed E-state index contributed by atoms with van der Waals surface area (Å²) in [6.07, 6.45) is 27.1. The Labute approximate surface area is 191 Å². The standard InChI is InChI=1S/C30H43N/c1-2-3-5-8-26-16-20-29(21-17-26)30-22-18-28(19-23-30)15-14-27-12-10-25(11-13-27)9-6-4-7-24-31/h4,6-7,9,16-17,20-21,25,27-28,30H,2-3,5,8,10-15,18-19,22-23H2,1H3/b7-4+,9-6+/t25-,27-,28-,30-. The van der Waals surface area contributed by atoms with Gasteiger partial charge >= 0.3 is 0 Å². The molecular weight excluding hydrogens is 374 g/mol. The lowest BCUT2D eigenvalue weighted by molar-refractivity contribution is 0.246. The molecule has 2 aliphatic carbocycles. The van der Waals surface area contributed by atoms with Crippen molar-refractivity contribution in [3.8, 4) is 6.07 Å². The van der Waals surface area contributed by atoms with E-state index in [0.717, 1.165) is 23.7 Å². The molecule has 2 aliphatic rings. The van der Waals surface area contributed by atoms with Crippen molar-refractivity contribution < 1.29 is 0 Å². The van der Waals surface area contributed by atoms with E-state index in [1.165, 1.54) is 95.5 Å². The number of nitrogens with zero attached hydrogens (tertiary/aromatic N) is 1. The van der Waals surface area contributed by atoms with Crippen LogP contribution in [0.15, 0.2) is 48.6 Å². The molecule has 2 saturated carbocycles. The van der Waals surface area contributed by atoms with Gasteiger partial charge in [-0.05, 0) is 99.0 Å². The monoisotopic (exact) mass is 417 g/mol. The van der Waals surface area contributed by atoms with E-state index in [4.69, 9.17) is 5.26 Å². The Morgan fingerprint density at radius 3 is 2.10 bits per heavy atom. The lowest BCUT2D eigenvalue weighted by Crippen LogP contribution is -2.17. The zero-order chi connectivity index (χ0) is 21.7. The molecule has 0 amide bonds. The minimum absolute atomic E-state index is 0.730. The molecule has 0 N–H and O–H groups in total. The predicted molar refractivity (Wildman–Crippen MR) is 133 cm³/mol. The van der Waals surface area contributed by atoms with E-state index in [-0.39, 0.29) is 0 Å². The van der Waals surface area contributed by atoms with Gasteiger partial charge in [-0.3, -0.25) is 0 Å². The zero-order valence-corrected chi connectivity index (χ0v) is 19.8. The third-order valence-electron chi connectivity index (χ3n) is 7.91. The van der Waals surface area contributed by atoms with Crippen LogP contribution >= 0.6 is 0 Å². The average Bonchev–Trinajstić information content (AvgIpc) is 2.82. The van der Waals surface area contributed by atoms with Crippen LogP contribution in [0, 0.1) is 29.1 Å². The van der Waals surface area contributed by atoms with Gasteiger partial charge in [-0.25, -0.2) is 0 Å². The number of hydrogen-bond donors (Lipinski definition) is 0. The highest BCUT2D eigenvalue weighted by Gasteiger charge is 2.24. The molecule has 0 radical (unpaired) electrons. The van der Waals surface area contributed by atoms with E-state index < -0.39 is 0 Å². The van der Waals surface area contributed by atoms with Gasteiger partial charge in [0.1, 0.15) is 0 Å². The highest BCUT2D eigenvalue weighted by molar-refractivity contribution is 5.26. The van der Waals surface area contributed by atoms with Crippen LogP contribution in [0.2, 0.25) is 0 Å². The number of unbranched alkanes of at least 4 members (excludes halogenated alkanes) is 2. The molecule has 3 rings (SSSR count). The summed E-state index contributed by atoms with van der Waals surface area (Å²) in [7, 11) is 0. The number of aryl methyl sites for hydroxylation is 1. The van der Waals surface area contributed by atoms with Crippen LogP contribution in [0.1, 0.15) is 107 Å². The fraction of sp³-hybridized carbons (Fsp3) is 0.633. The number of hydrogen-bond acceptors (Lipinski definition) is 1. The van der Waals surface area contributed by atoms with Crippen LogP contribution in [0.25, 0.3) is 0 Å². The van der Waals surface area contributed by atoms with Crippen molar-refractivity contribution in [1.82, 2.24) is 0 Å². The van der Waals surface area contributed by atoms with Crippen molar-refractivity contribution in [2.24, 2.45) is 17.8 Å². The van der Waals surface area contributed by atoms with Gasteiger partial charge in [-0.15, -0.1) is 0 Å². The fourth-order valence-corrected chi connectivity index (χ4v) is 5.78. The molecule has 0 bridgehead atoms. The Balaban J connectivity index is 1.31. The molecule has 31 heavy (non-hydrogen) atoms. The molecule has 1 nitrogen and oxygen atoms in total. The second-order valence-corrected chi connectivity index (χ2v) is 10.1. The SMILES string of the molecule is CCCCCc1ccc([C@H]2CC[C@H](CC[C@H]3CC[C@H](/C=C/C=C/C#N)CC3)CC2)cc1. The molecule has 1 heteroatoms. The lowest BCUT2D eigenvalue weighted by Gasteiger charge is -2.31. The maximum absolute atomic E-state index is 8.55. The second-order valence-electron chi connectivity index (χ2n) is 10.1. The second kappa shape index (κ2) is 13.6. The molecule has 0 saturated heterocycles. The molecule has 2 fully saturated rings. The molecule has 1 aromatic carbocycles. The molecule has 0 unspecified atom stereocenters. The normalized spacial score (nSPS) is 27.0. The first-order valence-electron chi connectivity index (χ1n) is 13.1. The summed E-state index contributed by atoms with van der Waals surface area (Å²) >= 11 is 0. The maximum atomic E-state index is 8.55. The number of allylic oxidation sites excluding steroid dienone is 4. The molecule has 1 aromatic rings. The first-order chi connectivity index (χ1) is 15.3. The third kappa shape index (κ3) is 8.33. The van der Waals surface area contributed by atoms with Crippen LogP contribution in [-0.4, -0.2) is 0 Å². The van der Waals surface area contributed by atoms with Crippen LogP contribution in [0.4, 0.5) is 0 Å². The van der Waals surface area contributed by atoms with Crippen LogP contribution in [-0.2, 0) is 6.42 Å². The first-order valence-corrected chi connectivity index (χ1v) is 13.1. The molecule has 0 spiro atoms. The van der Waals surface area contributed by atoms with Gasteiger partial charge in [0.05, 0.1) is 6.07 Å². The van der Waals surface area contributed by atoms with Crippen molar-refractivity contribution >= 4 is 0 Å². The Hall–Kier alpha value is -1.81. The Morgan fingerprint density at radius 1 is 0.839 bits per heavy atom. The summed E-state index contributed by atoms with van der Waals surface area (Å²) in [6, 6.07) is 11.7. The van der Waals surface area contributed by atoms with Crippen molar-refractivity contribution in [3.63, 3.8) is 0 Å². The van der Waals surface area contributed by atoms with Gasteiger partial charge in [0.2, 0.25) is 0 Å². The first kappa shape index (κ1) is 23.8. The van der Waals surface area contributed by atoms with Gasteiger partial charge in [0.15, 0.2) is 0 Å². The Kier molecular flexibility index (Phi) is 10.4. The van der Waals surface area contributed by atoms with E-state index in [2.05, 4.69) is 49.4 Å². The van der Waals surface area contributed by atoms with Crippen LogP contribution in [0.3, 0.4) is 0 Å². The van der Waals surface area contributed by atoms with E-state index >= 15 is 0 Å². The minimum Gasteiger partial charge on any atom is -0.193 e. The summed E-state index contributed by atoms with van der Waals surface area (Å²) in [5.74, 6) is 3.46.